The minimum absolute atomic E-state index is 0.191. The summed E-state index contributed by atoms with van der Waals surface area (Å²) < 4.78 is 0. The van der Waals surface area contributed by atoms with Crippen LogP contribution in [0.3, 0.4) is 0 Å². The minimum atomic E-state index is -1.87. The molecule has 1 saturated carbocycles. The highest BCUT2D eigenvalue weighted by atomic mass is 16.4. The molecule has 2 aromatic rings. The molecule has 1 aliphatic rings. The van der Waals surface area contributed by atoms with Crippen LogP contribution in [0, 0.1) is 34.5 Å². The van der Waals surface area contributed by atoms with Gasteiger partial charge in [-0.25, -0.2) is 0 Å². The van der Waals surface area contributed by atoms with Crippen LogP contribution in [0.5, 0.6) is 0 Å². The molecule has 0 saturated heterocycles. The highest BCUT2D eigenvalue weighted by molar-refractivity contribution is 5.98. The number of hydrogen-bond acceptors (Lipinski definition) is 6. The number of aryl methyl sites for hydroxylation is 2. The molecule has 4 N–H and O–H groups in total. The molecule has 0 aromatic heterocycles. The van der Waals surface area contributed by atoms with Gasteiger partial charge in [0.1, 0.15) is 0 Å². The Hall–Kier alpha value is -4.64. The average Bonchev–Trinajstić information content (AvgIpc) is 4.12. The first-order chi connectivity index (χ1) is 30.6. The zero-order chi connectivity index (χ0) is 47.4. The van der Waals surface area contributed by atoms with Crippen molar-refractivity contribution in [2.75, 3.05) is 13.1 Å². The minimum Gasteiger partial charge on any atom is -0.480 e. The summed E-state index contributed by atoms with van der Waals surface area (Å²) in [4.78, 5) is 49.5. The van der Waals surface area contributed by atoms with Crippen molar-refractivity contribution in [3.05, 3.63) is 70.8 Å². The predicted molar refractivity (Wildman–Crippen MR) is 257 cm³/mol. The maximum Gasteiger partial charge on any atom is 0.321 e. The highest BCUT2D eigenvalue weighted by Crippen LogP contribution is 2.28. The zero-order valence-electron chi connectivity index (χ0n) is 40.1. The quantitative estimate of drug-likeness (QED) is 0.0338. The molecule has 10 nitrogen and oxygen atoms in total. The number of unbranched alkanes of at least 4 members (excludes halogenated alkanes) is 12. The second-order valence-corrected chi connectivity index (χ2v) is 18.5. The summed E-state index contributed by atoms with van der Waals surface area (Å²) in [6, 6.07) is 18.4. The van der Waals surface area contributed by atoms with E-state index in [-0.39, 0.29) is 18.9 Å². The van der Waals surface area contributed by atoms with E-state index in [4.69, 9.17) is 10.2 Å². The fraction of sp³-hybridized carbons (Fsp3) is 0.630. The molecule has 0 radical (unpaired) electrons. The van der Waals surface area contributed by atoms with Crippen LogP contribution in [-0.2, 0) is 45.1 Å². The van der Waals surface area contributed by atoms with E-state index < -0.39 is 34.7 Å². The molecule has 64 heavy (non-hydrogen) atoms. The maximum atomic E-state index is 11.3. The fourth-order valence-electron chi connectivity index (χ4n) is 7.12. The first-order valence-corrected chi connectivity index (χ1v) is 24.1. The molecular weight excluding hydrogens is 805 g/mol. The van der Waals surface area contributed by atoms with Crippen molar-refractivity contribution in [3.63, 3.8) is 0 Å². The van der Waals surface area contributed by atoms with E-state index in [1.165, 1.54) is 126 Å². The lowest BCUT2D eigenvalue weighted by atomic mass is 9.87. The van der Waals surface area contributed by atoms with Crippen molar-refractivity contribution in [1.82, 2.24) is 9.80 Å². The van der Waals surface area contributed by atoms with Gasteiger partial charge in [0, 0.05) is 38.0 Å². The second-order valence-electron chi connectivity index (χ2n) is 18.5. The lowest BCUT2D eigenvalue weighted by Crippen LogP contribution is -2.36. The number of nitrogens with zero attached hydrogens (tertiary/aromatic N) is 2. The summed E-state index contributed by atoms with van der Waals surface area (Å²) in [6.45, 7) is 13.6. The SMILES string of the molecule is CCCCCCCCCc1ccc(CN(CC#CCC(C)(C(=O)O)C(=O)O)C(C)C)cc1.CCCCCCCCCc1ccc(CN(CC#CCC(C)(C(=O)O)C(=O)O)C2CC2)cc1. The third kappa shape index (κ3) is 21.4. The van der Waals surface area contributed by atoms with E-state index in [1.54, 1.807) is 0 Å². The van der Waals surface area contributed by atoms with Crippen LogP contribution in [0.2, 0.25) is 0 Å². The largest absolute Gasteiger partial charge is 0.480 e. The molecule has 2 aromatic carbocycles. The molecular formula is C54H80N2O8. The van der Waals surface area contributed by atoms with Crippen LogP contribution in [0.25, 0.3) is 0 Å². The third-order valence-electron chi connectivity index (χ3n) is 12.3. The fourth-order valence-corrected chi connectivity index (χ4v) is 7.12. The summed E-state index contributed by atoms with van der Waals surface area (Å²) in [5.41, 5.74) is 1.50. The summed E-state index contributed by atoms with van der Waals surface area (Å²) in [5, 5.41) is 36.7. The molecule has 10 heteroatoms. The van der Waals surface area contributed by atoms with Crippen molar-refractivity contribution in [2.45, 2.75) is 195 Å². The van der Waals surface area contributed by atoms with Gasteiger partial charge in [-0.1, -0.05) is 151 Å². The van der Waals surface area contributed by atoms with Gasteiger partial charge in [0.05, 0.1) is 13.1 Å². The monoisotopic (exact) mass is 885 g/mol. The first kappa shape index (κ1) is 55.5. The van der Waals surface area contributed by atoms with Crippen molar-refractivity contribution < 1.29 is 39.6 Å². The van der Waals surface area contributed by atoms with Gasteiger partial charge in [-0.3, -0.25) is 29.0 Å². The molecule has 0 spiro atoms. The maximum absolute atomic E-state index is 11.3. The van der Waals surface area contributed by atoms with E-state index in [9.17, 15) is 29.4 Å². The Balaban J connectivity index is 0.000000440. The van der Waals surface area contributed by atoms with Crippen LogP contribution in [0.4, 0.5) is 0 Å². The molecule has 0 unspecified atom stereocenters. The summed E-state index contributed by atoms with van der Waals surface area (Å²) >= 11 is 0. The topological polar surface area (TPSA) is 156 Å². The van der Waals surface area contributed by atoms with Gasteiger partial charge in [0.25, 0.3) is 0 Å². The molecule has 0 bridgehead atoms. The number of carbonyl (C=O) groups is 4. The Kier molecular flexibility index (Phi) is 26.4. The van der Waals surface area contributed by atoms with E-state index in [0.29, 0.717) is 19.1 Å². The average molecular weight is 885 g/mol. The standard InChI is InChI=1S/C27H39NO4.C27H41NO4/c1-3-4-5-6-7-8-9-12-22-13-15-23(16-14-22)21-28(24-17-18-24)20-11-10-19-27(2,25(29)30)26(31)32;1-5-6-7-8-9-10-11-14-23-15-17-24(18-16-23)21-28(22(2)3)20-13-12-19-27(4,25(29)30)26(31)32/h13-16,24H,3-9,12,17-21H2,1-2H3,(H,29,30)(H,31,32);15-18,22H,5-11,14,19-21H2,1-4H3,(H,29,30)(H,31,32). The van der Waals surface area contributed by atoms with Crippen LogP contribution in [-0.4, -0.2) is 79.3 Å². The Morgan fingerprint density at radius 1 is 0.531 bits per heavy atom. The van der Waals surface area contributed by atoms with E-state index >= 15 is 0 Å². The van der Waals surface area contributed by atoms with E-state index in [2.05, 4.69) is 110 Å². The number of carboxylic acids is 4. The van der Waals surface area contributed by atoms with E-state index in [0.717, 1.165) is 38.8 Å². The Morgan fingerprint density at radius 2 is 0.875 bits per heavy atom. The lowest BCUT2D eigenvalue weighted by Gasteiger charge is -2.24. The number of rotatable bonds is 30. The van der Waals surface area contributed by atoms with Gasteiger partial charge in [-0.15, -0.1) is 11.8 Å². The molecule has 0 heterocycles. The summed E-state index contributed by atoms with van der Waals surface area (Å²) in [5.74, 6) is 6.09. The van der Waals surface area contributed by atoms with Crippen molar-refractivity contribution in [3.8, 4) is 23.7 Å². The molecule has 0 atom stereocenters. The number of carboxylic acid groups (broad SMARTS) is 4. The Morgan fingerprint density at radius 3 is 1.23 bits per heavy atom. The van der Waals surface area contributed by atoms with Crippen LogP contribution < -0.4 is 0 Å². The van der Waals surface area contributed by atoms with E-state index in [1.807, 2.05) is 0 Å². The Labute approximate surface area is 385 Å². The van der Waals surface area contributed by atoms with Crippen molar-refractivity contribution in [2.24, 2.45) is 10.8 Å². The summed E-state index contributed by atoms with van der Waals surface area (Å²) in [7, 11) is 0. The van der Waals surface area contributed by atoms with Crippen molar-refractivity contribution in [1.29, 1.82) is 0 Å². The first-order valence-electron chi connectivity index (χ1n) is 24.1. The molecule has 0 amide bonds. The van der Waals surface area contributed by atoms with Gasteiger partial charge >= 0.3 is 23.9 Å². The van der Waals surface area contributed by atoms with Gasteiger partial charge in [-0.2, -0.15) is 0 Å². The van der Waals surface area contributed by atoms with Gasteiger partial charge in [0.15, 0.2) is 10.8 Å². The van der Waals surface area contributed by atoms with Crippen LogP contribution in [0.1, 0.15) is 179 Å². The summed E-state index contributed by atoms with van der Waals surface area (Å²) in [6.07, 6.45) is 22.7. The predicted octanol–water partition coefficient (Wildman–Crippen LogP) is 11.3. The number of hydrogen-bond donors (Lipinski definition) is 4. The second kappa shape index (κ2) is 30.5. The molecule has 3 rings (SSSR count). The number of aliphatic carboxylic acids is 4. The van der Waals surface area contributed by atoms with Gasteiger partial charge < -0.3 is 20.4 Å². The highest BCUT2D eigenvalue weighted by Gasteiger charge is 2.41. The lowest BCUT2D eigenvalue weighted by molar-refractivity contribution is -0.164. The van der Waals surface area contributed by atoms with Crippen LogP contribution >= 0.6 is 0 Å². The van der Waals surface area contributed by atoms with Gasteiger partial charge in [-0.05, 0) is 88.5 Å². The molecule has 0 aliphatic heterocycles. The molecule has 1 aliphatic carbocycles. The smallest absolute Gasteiger partial charge is 0.321 e. The third-order valence-corrected chi connectivity index (χ3v) is 12.3. The van der Waals surface area contributed by atoms with Crippen molar-refractivity contribution >= 4 is 23.9 Å². The zero-order valence-corrected chi connectivity index (χ0v) is 40.1. The molecule has 1 fully saturated rings. The number of benzene rings is 2. The molecule has 354 valence electrons. The normalized spacial score (nSPS) is 12.5. The van der Waals surface area contributed by atoms with Gasteiger partial charge in [0.2, 0.25) is 0 Å². The Bertz CT molecular complexity index is 1660. The van der Waals surface area contributed by atoms with Crippen LogP contribution in [0.15, 0.2) is 48.5 Å².